The summed E-state index contributed by atoms with van der Waals surface area (Å²) in [5.41, 5.74) is 5.95. The van der Waals surface area contributed by atoms with Gasteiger partial charge in [-0.25, -0.2) is 13.1 Å². The molecule has 0 atom stereocenters. The van der Waals surface area contributed by atoms with Crippen molar-refractivity contribution in [2.24, 2.45) is 0 Å². The number of hydrazine groups is 1. The lowest BCUT2D eigenvalue weighted by atomic mass is 10.1. The Morgan fingerprint density at radius 1 is 0.844 bits per heavy atom. The summed E-state index contributed by atoms with van der Waals surface area (Å²) in [6.07, 6.45) is -0.0753. The number of nitrogens with one attached hydrogen (secondary N) is 3. The zero-order chi connectivity index (χ0) is 23.1. The summed E-state index contributed by atoms with van der Waals surface area (Å²) in [5.74, 6) is -1.17. The Kier molecular flexibility index (Phi) is 7.87. The van der Waals surface area contributed by atoms with Crippen molar-refractivity contribution in [2.45, 2.75) is 17.9 Å². The van der Waals surface area contributed by atoms with Crippen LogP contribution in [-0.4, -0.2) is 20.2 Å². The third-order valence-corrected chi connectivity index (χ3v) is 6.38. The molecule has 0 bridgehead atoms. The van der Waals surface area contributed by atoms with Gasteiger partial charge in [0.25, 0.3) is 5.91 Å². The van der Waals surface area contributed by atoms with Crippen LogP contribution in [0.5, 0.6) is 0 Å². The second kappa shape index (κ2) is 10.6. The molecular formula is C22H19Cl2N3O4S. The molecule has 0 saturated carbocycles. The molecular weight excluding hydrogens is 473 g/mol. The number of benzene rings is 3. The molecule has 166 valence electrons. The number of sulfonamides is 1. The van der Waals surface area contributed by atoms with E-state index in [2.05, 4.69) is 15.6 Å². The number of carbonyl (C=O) groups is 2. The lowest BCUT2D eigenvalue weighted by molar-refractivity contribution is -0.121. The fraction of sp³-hybridized carbons (Fsp3) is 0.0909. The highest BCUT2D eigenvalue weighted by molar-refractivity contribution is 7.89. The van der Waals surface area contributed by atoms with Gasteiger partial charge in [-0.2, -0.15) is 0 Å². The molecule has 2 amide bonds. The fourth-order valence-electron chi connectivity index (χ4n) is 2.74. The maximum atomic E-state index is 12.6. The lowest BCUT2D eigenvalue weighted by Gasteiger charge is -2.10. The van der Waals surface area contributed by atoms with Gasteiger partial charge in [-0.1, -0.05) is 65.7 Å². The van der Waals surface area contributed by atoms with E-state index < -0.39 is 21.8 Å². The summed E-state index contributed by atoms with van der Waals surface area (Å²) < 4.78 is 27.6. The Morgan fingerprint density at radius 3 is 2.31 bits per heavy atom. The van der Waals surface area contributed by atoms with Gasteiger partial charge in [0.2, 0.25) is 15.9 Å². The van der Waals surface area contributed by atoms with Gasteiger partial charge in [-0.15, -0.1) is 0 Å². The van der Waals surface area contributed by atoms with Crippen molar-refractivity contribution < 1.29 is 18.0 Å². The first-order chi connectivity index (χ1) is 15.2. The topological polar surface area (TPSA) is 104 Å². The van der Waals surface area contributed by atoms with E-state index in [1.807, 2.05) is 18.2 Å². The summed E-state index contributed by atoms with van der Waals surface area (Å²) in [6, 6.07) is 19.3. The smallest absolute Gasteiger partial charge is 0.269 e. The molecule has 3 N–H and O–H groups in total. The van der Waals surface area contributed by atoms with Crippen LogP contribution < -0.4 is 15.6 Å². The number of halogens is 2. The molecule has 0 aromatic heterocycles. The maximum absolute atomic E-state index is 12.6. The Hall–Kier alpha value is -2.91. The van der Waals surface area contributed by atoms with Gasteiger partial charge in [0.15, 0.2) is 0 Å². The van der Waals surface area contributed by atoms with Crippen LogP contribution >= 0.6 is 23.2 Å². The van der Waals surface area contributed by atoms with Crippen LogP contribution in [-0.2, 0) is 27.8 Å². The Balaban J connectivity index is 1.60. The average molecular weight is 492 g/mol. The molecule has 0 aliphatic rings. The molecule has 3 aromatic rings. The van der Waals surface area contributed by atoms with E-state index in [1.165, 1.54) is 30.3 Å². The lowest BCUT2D eigenvalue weighted by Crippen LogP contribution is -2.42. The quantitative estimate of drug-likeness (QED) is 0.440. The van der Waals surface area contributed by atoms with E-state index in [0.29, 0.717) is 15.6 Å². The van der Waals surface area contributed by atoms with Crippen LogP contribution in [0.2, 0.25) is 10.0 Å². The van der Waals surface area contributed by atoms with Crippen LogP contribution in [0.3, 0.4) is 0 Å². The standard InChI is InChI=1S/C22H19Cl2N3O4S/c23-18-10-9-16(20(24)13-18)12-21(28)26-27-22(29)17-7-4-8-19(11-17)32(30,31)25-14-15-5-2-1-3-6-15/h1-11,13,25H,12,14H2,(H,26,28)(H,27,29). The van der Waals surface area contributed by atoms with E-state index in [0.717, 1.165) is 5.56 Å². The highest BCUT2D eigenvalue weighted by atomic mass is 35.5. The molecule has 32 heavy (non-hydrogen) atoms. The van der Waals surface area contributed by atoms with Crippen molar-refractivity contribution in [1.82, 2.24) is 15.6 Å². The SMILES string of the molecule is O=C(Cc1ccc(Cl)cc1Cl)NNC(=O)c1cccc(S(=O)(=O)NCc2ccccc2)c1. The molecule has 10 heteroatoms. The van der Waals surface area contributed by atoms with Crippen molar-refractivity contribution in [3.8, 4) is 0 Å². The number of rotatable bonds is 7. The molecule has 0 radical (unpaired) electrons. The molecule has 7 nitrogen and oxygen atoms in total. The van der Waals surface area contributed by atoms with Crippen LogP contribution in [0.4, 0.5) is 0 Å². The van der Waals surface area contributed by atoms with Gasteiger partial charge in [0.1, 0.15) is 0 Å². The van der Waals surface area contributed by atoms with E-state index >= 15 is 0 Å². The van der Waals surface area contributed by atoms with Crippen LogP contribution in [0.1, 0.15) is 21.5 Å². The fourth-order valence-corrected chi connectivity index (χ4v) is 4.28. The maximum Gasteiger partial charge on any atom is 0.269 e. The monoisotopic (exact) mass is 491 g/mol. The highest BCUT2D eigenvalue weighted by Crippen LogP contribution is 2.21. The van der Waals surface area contributed by atoms with Crippen molar-refractivity contribution in [1.29, 1.82) is 0 Å². The van der Waals surface area contributed by atoms with E-state index in [4.69, 9.17) is 23.2 Å². The Labute approximate surface area is 195 Å². The zero-order valence-electron chi connectivity index (χ0n) is 16.6. The predicted molar refractivity (Wildman–Crippen MR) is 123 cm³/mol. The van der Waals surface area contributed by atoms with Gasteiger partial charge < -0.3 is 0 Å². The molecule has 0 aliphatic heterocycles. The van der Waals surface area contributed by atoms with Crippen molar-refractivity contribution in [3.63, 3.8) is 0 Å². The van der Waals surface area contributed by atoms with Gasteiger partial charge >= 0.3 is 0 Å². The second-order valence-corrected chi connectivity index (χ2v) is 9.36. The van der Waals surface area contributed by atoms with Gasteiger partial charge in [0.05, 0.1) is 11.3 Å². The highest BCUT2D eigenvalue weighted by Gasteiger charge is 2.17. The van der Waals surface area contributed by atoms with Crippen molar-refractivity contribution >= 4 is 45.0 Å². The first-order valence-corrected chi connectivity index (χ1v) is 11.7. The van der Waals surface area contributed by atoms with E-state index in [1.54, 1.807) is 24.3 Å². The van der Waals surface area contributed by atoms with Crippen LogP contribution in [0.25, 0.3) is 0 Å². The van der Waals surface area contributed by atoms with Gasteiger partial charge in [-0.05, 0) is 41.5 Å². The summed E-state index contributed by atoms with van der Waals surface area (Å²) in [7, 11) is -3.84. The van der Waals surface area contributed by atoms with E-state index in [-0.39, 0.29) is 23.4 Å². The number of carbonyl (C=O) groups excluding carboxylic acids is 2. The number of hydrogen-bond acceptors (Lipinski definition) is 4. The normalized spacial score (nSPS) is 11.1. The first-order valence-electron chi connectivity index (χ1n) is 9.41. The van der Waals surface area contributed by atoms with Crippen molar-refractivity contribution in [3.05, 3.63) is 99.5 Å². The minimum absolute atomic E-state index is 0.0670. The third kappa shape index (κ3) is 6.54. The first kappa shape index (κ1) is 23.7. The number of hydrogen-bond donors (Lipinski definition) is 3. The molecule has 3 rings (SSSR count). The second-order valence-electron chi connectivity index (χ2n) is 6.75. The molecule has 0 unspecified atom stereocenters. The summed E-state index contributed by atoms with van der Waals surface area (Å²) in [4.78, 5) is 24.4. The van der Waals surface area contributed by atoms with E-state index in [9.17, 15) is 18.0 Å². The minimum Gasteiger partial charge on any atom is -0.273 e. The Morgan fingerprint density at radius 2 is 1.59 bits per heavy atom. The Bertz CT molecular complexity index is 1230. The molecule has 0 saturated heterocycles. The molecule has 0 spiro atoms. The molecule has 0 heterocycles. The van der Waals surface area contributed by atoms with Crippen LogP contribution in [0, 0.1) is 0 Å². The van der Waals surface area contributed by atoms with Crippen LogP contribution in [0.15, 0.2) is 77.7 Å². The molecule has 3 aromatic carbocycles. The van der Waals surface area contributed by atoms with Crippen molar-refractivity contribution in [2.75, 3.05) is 0 Å². The zero-order valence-corrected chi connectivity index (χ0v) is 19.0. The summed E-state index contributed by atoms with van der Waals surface area (Å²) >= 11 is 11.9. The minimum atomic E-state index is -3.84. The average Bonchev–Trinajstić information content (AvgIpc) is 2.79. The molecule has 0 fully saturated rings. The summed E-state index contributed by atoms with van der Waals surface area (Å²) in [5, 5.41) is 0.778. The summed E-state index contributed by atoms with van der Waals surface area (Å²) in [6.45, 7) is 0.114. The van der Waals surface area contributed by atoms with Gasteiger partial charge in [-0.3, -0.25) is 20.4 Å². The largest absolute Gasteiger partial charge is 0.273 e. The third-order valence-electron chi connectivity index (χ3n) is 4.40. The number of amides is 2. The molecule has 0 aliphatic carbocycles. The van der Waals surface area contributed by atoms with Gasteiger partial charge in [0, 0.05) is 22.2 Å². The predicted octanol–water partition coefficient (Wildman–Crippen LogP) is 3.48.